The zero-order chi connectivity index (χ0) is 41.5. The van der Waals surface area contributed by atoms with Crippen molar-refractivity contribution in [3.8, 4) is 11.5 Å². The van der Waals surface area contributed by atoms with E-state index in [2.05, 4.69) is 5.32 Å². The zero-order valence-electron chi connectivity index (χ0n) is 33.4. The van der Waals surface area contributed by atoms with Crippen LogP contribution in [-0.4, -0.2) is 125 Å². The third-order valence-electron chi connectivity index (χ3n) is 11.0. The Bertz CT molecular complexity index is 1600. The van der Waals surface area contributed by atoms with Gasteiger partial charge in [-0.2, -0.15) is 0 Å². The summed E-state index contributed by atoms with van der Waals surface area (Å²) in [5, 5.41) is 75.4. The number of hydrogen-bond donors (Lipinski definition) is 8. The van der Waals surface area contributed by atoms with E-state index in [0.29, 0.717) is 31.2 Å². The van der Waals surface area contributed by atoms with Gasteiger partial charge in [-0.3, -0.25) is 4.79 Å². The Morgan fingerprint density at radius 1 is 1.02 bits per heavy atom. The minimum Gasteiger partial charge on any atom is -0.504 e. The van der Waals surface area contributed by atoms with Crippen molar-refractivity contribution < 1.29 is 64.3 Å². The number of aliphatic hydroxyl groups is 6. The van der Waals surface area contributed by atoms with Crippen molar-refractivity contribution >= 4 is 18.0 Å². The number of phenols is 1. The molecule has 9 unspecified atom stereocenters. The molecule has 9 atom stereocenters. The number of esters is 2. The molecule has 0 aromatic heterocycles. The van der Waals surface area contributed by atoms with Crippen molar-refractivity contribution in [2.45, 2.75) is 121 Å². The van der Waals surface area contributed by atoms with E-state index in [0.717, 1.165) is 42.4 Å². The first-order chi connectivity index (χ1) is 27.4. The van der Waals surface area contributed by atoms with Gasteiger partial charge in [0.2, 0.25) is 0 Å². The molecule has 1 saturated heterocycles. The van der Waals surface area contributed by atoms with Gasteiger partial charge in [0.15, 0.2) is 30.0 Å². The van der Waals surface area contributed by atoms with Gasteiger partial charge in [-0.1, -0.05) is 44.0 Å². The molecule has 1 fully saturated rings. The first-order valence-electron chi connectivity index (χ1n) is 20.2. The van der Waals surface area contributed by atoms with Crippen LogP contribution in [0, 0.1) is 11.8 Å². The molecule has 1 aliphatic carbocycles. The molecule has 0 amide bonds. The molecule has 4 rings (SSSR count). The first kappa shape index (κ1) is 46.1. The number of methoxy groups -OCH3 is 1. The van der Waals surface area contributed by atoms with E-state index in [-0.39, 0.29) is 80.6 Å². The van der Waals surface area contributed by atoms with E-state index >= 15 is 0 Å². The minimum atomic E-state index is -1.82. The molecule has 0 spiro atoms. The van der Waals surface area contributed by atoms with Crippen LogP contribution in [0.15, 0.2) is 42.0 Å². The molecule has 14 heteroatoms. The summed E-state index contributed by atoms with van der Waals surface area (Å²) in [5.74, 6) is -1.90. The van der Waals surface area contributed by atoms with E-state index in [1.54, 1.807) is 25.1 Å². The number of carbonyl (C=O) groups is 2. The second-order valence-electron chi connectivity index (χ2n) is 15.3. The van der Waals surface area contributed by atoms with Gasteiger partial charge in [-0.25, -0.2) is 4.79 Å². The predicted octanol–water partition coefficient (Wildman–Crippen LogP) is 2.89. The van der Waals surface area contributed by atoms with E-state index in [1.807, 2.05) is 25.1 Å². The lowest BCUT2D eigenvalue weighted by Gasteiger charge is -2.42. The molecule has 57 heavy (non-hydrogen) atoms. The lowest BCUT2D eigenvalue weighted by molar-refractivity contribution is -0.287. The van der Waals surface area contributed by atoms with Crippen LogP contribution in [0.1, 0.15) is 93.4 Å². The highest BCUT2D eigenvalue weighted by Gasteiger charge is 2.49. The predicted molar refractivity (Wildman–Crippen MR) is 211 cm³/mol. The van der Waals surface area contributed by atoms with Gasteiger partial charge in [0.05, 0.1) is 13.2 Å². The number of rotatable bonds is 22. The third kappa shape index (κ3) is 13.2. The van der Waals surface area contributed by atoms with E-state index in [9.17, 15) is 45.3 Å². The molecule has 0 bridgehead atoms. The Morgan fingerprint density at radius 3 is 2.49 bits per heavy atom. The Morgan fingerprint density at radius 2 is 1.81 bits per heavy atom. The van der Waals surface area contributed by atoms with Crippen molar-refractivity contribution in [2.75, 3.05) is 40.0 Å². The SMILES string of the molecule is CCCC(CCCO)CCC(=O)OC1C(O)C(CNCC(C)O)OC(O)C1OC(=O)C(=Cc1ccc(O)c(OC)c1)CC1c2cc(CCO)ccc2CCC1CO. The number of aryl methyl sites for hydroxylation is 1. The standard InChI is InChI=1S/C43H63NO13/c1-4-6-27(7-5-17-45)10-15-38(50)56-40-39(51)37(24-44-23-26(2)48)55-43(53)41(40)57-42(52)32(19-29-9-14-35(49)36(21-29)54-3)22-34-31(25-47)13-12-30-11-8-28(16-18-46)20-33(30)34/h8-9,11,14,19-21,26-27,31,34,37,39-41,43-49,51,53H,4-7,10,12-13,15-18,22-25H2,1-3H3. The van der Waals surface area contributed by atoms with Crippen molar-refractivity contribution in [2.24, 2.45) is 11.8 Å². The second-order valence-corrected chi connectivity index (χ2v) is 15.3. The fourth-order valence-corrected chi connectivity index (χ4v) is 7.94. The molecule has 1 heterocycles. The number of benzene rings is 2. The summed E-state index contributed by atoms with van der Waals surface area (Å²) >= 11 is 0. The van der Waals surface area contributed by atoms with Crippen LogP contribution in [0.3, 0.4) is 0 Å². The Balaban J connectivity index is 1.68. The Hall–Kier alpha value is -3.60. The van der Waals surface area contributed by atoms with E-state index in [1.165, 1.54) is 13.2 Å². The Kier molecular flexibility index (Phi) is 18.7. The number of ether oxygens (including phenoxy) is 4. The number of aliphatic hydroxyl groups excluding tert-OH is 6. The van der Waals surface area contributed by atoms with Crippen molar-refractivity contribution in [1.29, 1.82) is 0 Å². The van der Waals surface area contributed by atoms with Crippen LogP contribution in [-0.2, 0) is 36.6 Å². The zero-order valence-corrected chi connectivity index (χ0v) is 33.4. The molecule has 8 N–H and O–H groups in total. The quantitative estimate of drug-likeness (QED) is 0.0634. The topological polar surface area (TPSA) is 225 Å². The van der Waals surface area contributed by atoms with Gasteiger partial charge in [0.25, 0.3) is 0 Å². The summed E-state index contributed by atoms with van der Waals surface area (Å²) in [5.41, 5.74) is 3.51. The van der Waals surface area contributed by atoms with Crippen LogP contribution in [0.4, 0.5) is 0 Å². The largest absolute Gasteiger partial charge is 0.504 e. The van der Waals surface area contributed by atoms with Crippen LogP contribution in [0.25, 0.3) is 6.08 Å². The molecule has 2 aliphatic rings. The van der Waals surface area contributed by atoms with Gasteiger partial charge in [-0.15, -0.1) is 0 Å². The van der Waals surface area contributed by atoms with Gasteiger partial charge in [0, 0.05) is 44.9 Å². The minimum absolute atomic E-state index is 0.00236. The highest BCUT2D eigenvalue weighted by molar-refractivity contribution is 5.94. The maximum atomic E-state index is 14.5. The molecule has 0 saturated carbocycles. The molecule has 318 valence electrons. The maximum absolute atomic E-state index is 14.5. The summed E-state index contributed by atoms with van der Waals surface area (Å²) in [7, 11) is 1.40. The average molecular weight is 802 g/mol. The second kappa shape index (κ2) is 23.1. The molecule has 2 aromatic rings. The third-order valence-corrected chi connectivity index (χ3v) is 11.0. The first-order valence-corrected chi connectivity index (χ1v) is 20.2. The summed E-state index contributed by atoms with van der Waals surface area (Å²) in [4.78, 5) is 27.9. The van der Waals surface area contributed by atoms with Gasteiger partial charge in [0.1, 0.15) is 12.2 Å². The lowest BCUT2D eigenvalue weighted by atomic mass is 9.72. The van der Waals surface area contributed by atoms with Crippen LogP contribution >= 0.6 is 0 Å². The number of fused-ring (bicyclic) bond motifs is 1. The lowest BCUT2D eigenvalue weighted by Crippen LogP contribution is -2.62. The van der Waals surface area contributed by atoms with Crippen LogP contribution < -0.4 is 10.1 Å². The van der Waals surface area contributed by atoms with E-state index in [4.69, 9.17) is 18.9 Å². The monoisotopic (exact) mass is 801 g/mol. The maximum Gasteiger partial charge on any atom is 0.334 e. The van der Waals surface area contributed by atoms with Crippen molar-refractivity contribution in [3.63, 3.8) is 0 Å². The Labute approximate surface area is 335 Å². The number of hydrogen-bond acceptors (Lipinski definition) is 14. The summed E-state index contributed by atoms with van der Waals surface area (Å²) in [6.45, 7) is 3.62. The van der Waals surface area contributed by atoms with Crippen molar-refractivity contribution in [1.82, 2.24) is 5.32 Å². The number of phenolic OH excluding ortho intramolecular Hbond substituents is 1. The number of aromatic hydroxyl groups is 1. The van der Waals surface area contributed by atoms with Gasteiger partial charge in [-0.05, 0) is 110 Å². The van der Waals surface area contributed by atoms with Crippen LogP contribution in [0.5, 0.6) is 11.5 Å². The molecular formula is C43H63NO13. The normalized spacial score (nSPS) is 24.6. The number of carbonyl (C=O) groups excluding carboxylic acids is 2. The van der Waals surface area contributed by atoms with Gasteiger partial charge >= 0.3 is 11.9 Å². The summed E-state index contributed by atoms with van der Waals surface area (Å²) in [6, 6.07) is 10.5. The highest BCUT2D eigenvalue weighted by Crippen LogP contribution is 2.42. The molecule has 0 radical (unpaired) electrons. The van der Waals surface area contributed by atoms with Crippen molar-refractivity contribution in [3.05, 3.63) is 64.2 Å². The summed E-state index contributed by atoms with van der Waals surface area (Å²) in [6.07, 6.45) is -1.29. The molecule has 2 aromatic carbocycles. The average Bonchev–Trinajstić information content (AvgIpc) is 3.19. The van der Waals surface area contributed by atoms with E-state index < -0.39 is 48.7 Å². The molecule has 1 aliphatic heterocycles. The molecular weight excluding hydrogens is 738 g/mol. The summed E-state index contributed by atoms with van der Waals surface area (Å²) < 4.78 is 22.9. The van der Waals surface area contributed by atoms with Gasteiger partial charge < -0.3 is 60.0 Å². The fraction of sp³-hybridized carbons (Fsp3) is 0.628. The molecule has 14 nitrogen and oxygen atoms in total. The number of nitrogens with one attached hydrogen (secondary N) is 1. The van der Waals surface area contributed by atoms with Crippen LogP contribution in [0.2, 0.25) is 0 Å². The highest BCUT2D eigenvalue weighted by atomic mass is 16.7. The fourth-order valence-electron chi connectivity index (χ4n) is 7.94. The smallest absolute Gasteiger partial charge is 0.334 e.